The summed E-state index contributed by atoms with van der Waals surface area (Å²) >= 11 is 13.4. The zero-order valence-corrected chi connectivity index (χ0v) is 29.6. The van der Waals surface area contributed by atoms with E-state index in [4.69, 9.17) is 27.9 Å². The highest BCUT2D eigenvalue weighted by molar-refractivity contribution is 6.35. The van der Waals surface area contributed by atoms with Crippen molar-refractivity contribution in [2.24, 2.45) is 7.05 Å². The number of anilines is 1. The number of carboxylic acid groups (broad SMARTS) is 1. The molecule has 49 heavy (non-hydrogen) atoms. The molecule has 6 aromatic rings. The number of fused-ring (bicyclic) bond motifs is 4. The first kappa shape index (κ1) is 32.8. The topological polar surface area (TPSA) is 105 Å². The Bertz CT molecular complexity index is 2270. The number of carbonyl (C=O) groups is 2. The van der Waals surface area contributed by atoms with Gasteiger partial charge in [0, 0.05) is 58.9 Å². The molecule has 3 aromatic carbocycles. The Morgan fingerprint density at radius 1 is 1.00 bits per heavy atom. The van der Waals surface area contributed by atoms with Gasteiger partial charge >= 0.3 is 5.97 Å². The lowest BCUT2D eigenvalue weighted by atomic mass is 9.98. The van der Waals surface area contributed by atoms with E-state index in [1.54, 1.807) is 21.6 Å². The summed E-state index contributed by atoms with van der Waals surface area (Å²) in [6.45, 7) is 9.38. The van der Waals surface area contributed by atoms with Crippen LogP contribution in [0.2, 0.25) is 10.0 Å². The van der Waals surface area contributed by atoms with Gasteiger partial charge in [0.15, 0.2) is 0 Å². The van der Waals surface area contributed by atoms with Crippen LogP contribution in [0.5, 0.6) is 5.75 Å². The van der Waals surface area contributed by atoms with Gasteiger partial charge in [-0.15, -0.1) is 0 Å². The molecule has 0 saturated heterocycles. The van der Waals surface area contributed by atoms with Crippen molar-refractivity contribution in [1.82, 2.24) is 19.3 Å². The summed E-state index contributed by atoms with van der Waals surface area (Å²) in [4.78, 5) is 28.9. The fourth-order valence-electron chi connectivity index (χ4n) is 7.48. The molecule has 0 atom stereocenters. The molecule has 252 valence electrons. The number of halogens is 2. The molecule has 3 aromatic heterocycles. The summed E-state index contributed by atoms with van der Waals surface area (Å²) in [5, 5.41) is 20.5. The number of aryl methyl sites for hydroxylation is 7. The van der Waals surface area contributed by atoms with Gasteiger partial charge in [-0.1, -0.05) is 41.4 Å². The summed E-state index contributed by atoms with van der Waals surface area (Å²) in [7, 11) is 1.82. The second-order valence-electron chi connectivity index (χ2n) is 12.9. The molecule has 1 amide bonds. The number of nitrogens with zero attached hydrogens (tertiary/aromatic N) is 4. The third kappa shape index (κ3) is 5.45. The van der Waals surface area contributed by atoms with Crippen molar-refractivity contribution in [3.63, 3.8) is 0 Å². The summed E-state index contributed by atoms with van der Waals surface area (Å²) in [5.41, 5.74) is 9.36. The first-order valence-electron chi connectivity index (χ1n) is 16.4. The van der Waals surface area contributed by atoms with Gasteiger partial charge in [-0.3, -0.25) is 9.89 Å². The van der Waals surface area contributed by atoms with E-state index in [2.05, 4.69) is 14.8 Å². The Balaban J connectivity index is 1.36. The number of ether oxygens (including phenoxy) is 1. The number of nitrogens with one attached hydrogen (secondary N) is 1. The maximum absolute atomic E-state index is 15.0. The molecule has 1 aliphatic rings. The molecule has 0 aliphatic carbocycles. The van der Waals surface area contributed by atoms with Crippen molar-refractivity contribution < 1.29 is 19.4 Å². The molecular formula is C38H37Cl2N5O4. The Morgan fingerprint density at radius 2 is 1.76 bits per heavy atom. The van der Waals surface area contributed by atoms with Gasteiger partial charge in [-0.25, -0.2) is 4.79 Å². The van der Waals surface area contributed by atoms with Crippen LogP contribution in [0, 0.1) is 27.7 Å². The van der Waals surface area contributed by atoms with Crippen molar-refractivity contribution in [2.45, 2.75) is 53.5 Å². The van der Waals surface area contributed by atoms with Crippen LogP contribution >= 0.6 is 23.2 Å². The van der Waals surface area contributed by atoms with Crippen LogP contribution in [-0.4, -0.2) is 49.5 Å². The highest BCUT2D eigenvalue weighted by atomic mass is 35.5. The second-order valence-corrected chi connectivity index (χ2v) is 13.7. The smallest absolute Gasteiger partial charge is 0.337 e. The molecule has 2 N–H and O–H groups in total. The fourth-order valence-corrected chi connectivity index (χ4v) is 7.84. The van der Waals surface area contributed by atoms with Crippen LogP contribution in [0.1, 0.15) is 61.8 Å². The fraction of sp³-hybridized carbons (Fsp3) is 0.289. The van der Waals surface area contributed by atoms with Gasteiger partial charge < -0.3 is 23.9 Å². The Labute approximate surface area is 294 Å². The maximum atomic E-state index is 15.0. The lowest BCUT2D eigenvalue weighted by molar-refractivity contribution is 0.0698. The van der Waals surface area contributed by atoms with Crippen LogP contribution in [-0.2, 0) is 20.0 Å². The van der Waals surface area contributed by atoms with E-state index >= 15 is 0 Å². The largest absolute Gasteiger partial charge is 0.494 e. The van der Waals surface area contributed by atoms with Gasteiger partial charge in [-0.2, -0.15) is 5.10 Å². The zero-order valence-electron chi connectivity index (χ0n) is 28.1. The molecule has 11 heteroatoms. The first-order valence-corrected chi connectivity index (χ1v) is 17.1. The number of hydrogen-bond donors (Lipinski definition) is 2. The molecule has 0 fully saturated rings. The van der Waals surface area contributed by atoms with E-state index in [0.717, 1.165) is 66.3 Å². The Hall–Kier alpha value is -4.73. The number of carboxylic acids is 1. The van der Waals surface area contributed by atoms with E-state index in [0.29, 0.717) is 60.9 Å². The van der Waals surface area contributed by atoms with Gasteiger partial charge in [0.25, 0.3) is 5.91 Å². The third-order valence-corrected chi connectivity index (χ3v) is 10.5. The predicted octanol–water partition coefficient (Wildman–Crippen LogP) is 8.82. The average Bonchev–Trinajstić information content (AvgIpc) is 3.65. The van der Waals surface area contributed by atoms with Crippen molar-refractivity contribution in [1.29, 1.82) is 0 Å². The van der Waals surface area contributed by atoms with E-state index in [1.165, 1.54) is 0 Å². The molecule has 0 bridgehead atoms. The maximum Gasteiger partial charge on any atom is 0.337 e. The summed E-state index contributed by atoms with van der Waals surface area (Å²) in [6, 6.07) is 13.0. The van der Waals surface area contributed by atoms with E-state index < -0.39 is 5.97 Å². The van der Waals surface area contributed by atoms with Gasteiger partial charge in [0.1, 0.15) is 11.4 Å². The zero-order chi connectivity index (χ0) is 34.7. The van der Waals surface area contributed by atoms with E-state index in [9.17, 15) is 14.7 Å². The third-order valence-electron chi connectivity index (χ3n) is 9.62. The first-order chi connectivity index (χ1) is 23.5. The monoisotopic (exact) mass is 697 g/mol. The Morgan fingerprint density at radius 3 is 2.45 bits per heavy atom. The predicted molar refractivity (Wildman–Crippen MR) is 195 cm³/mol. The number of hydrogen-bond acceptors (Lipinski definition) is 4. The van der Waals surface area contributed by atoms with Gasteiger partial charge in [0.05, 0.1) is 39.6 Å². The SMILES string of the molecule is Cc1cc(OCCCc2c3n(c4c(-c5c(C)n[nH]c5C)c(Cl)ccc24)CCCN(c2cn(C)c4c(C(=O)O)cccc24)C3=O)cc(C)c1Cl. The highest BCUT2D eigenvalue weighted by Crippen LogP contribution is 2.43. The van der Waals surface area contributed by atoms with E-state index in [-0.39, 0.29) is 11.5 Å². The summed E-state index contributed by atoms with van der Waals surface area (Å²) < 4.78 is 10.1. The number of rotatable bonds is 8. The minimum absolute atomic E-state index is 0.135. The molecule has 0 saturated carbocycles. The standard InChI is InChI=1S/C38H37Cl2N5O4/c1-20-17-24(18-21(2)33(20)40)49-16-7-11-25-26-12-13-29(39)32(31-22(3)41-42-23(31)4)35(26)45-15-8-14-44(37(46)36(25)45)30-19-43(5)34-27(30)9-6-10-28(34)38(47)48/h6,9-10,12-13,17-19H,7-8,11,14-16H2,1-5H3,(H,41,42)(H,47,48). The number of aromatic nitrogens is 4. The minimum atomic E-state index is -1.01. The molecule has 0 radical (unpaired) electrons. The van der Waals surface area contributed by atoms with Crippen LogP contribution < -0.4 is 9.64 Å². The molecule has 0 spiro atoms. The number of H-pyrrole nitrogens is 1. The number of para-hydroxylation sites is 1. The molecular weight excluding hydrogens is 661 g/mol. The van der Waals surface area contributed by atoms with Gasteiger partial charge in [0.2, 0.25) is 0 Å². The quantitative estimate of drug-likeness (QED) is 0.155. The molecule has 9 nitrogen and oxygen atoms in total. The lowest BCUT2D eigenvalue weighted by Crippen LogP contribution is -2.31. The molecule has 7 rings (SSSR count). The second kappa shape index (κ2) is 12.6. The van der Waals surface area contributed by atoms with Crippen molar-refractivity contribution in [2.75, 3.05) is 18.1 Å². The number of benzene rings is 3. The number of aromatic carboxylic acids is 1. The van der Waals surface area contributed by atoms with Crippen LogP contribution in [0.3, 0.4) is 0 Å². The molecule has 4 heterocycles. The lowest BCUT2D eigenvalue weighted by Gasteiger charge is -2.20. The van der Waals surface area contributed by atoms with Crippen molar-refractivity contribution in [3.8, 4) is 16.9 Å². The van der Waals surface area contributed by atoms with Gasteiger partial charge in [-0.05, 0) is 87.9 Å². The average molecular weight is 699 g/mol. The number of carbonyl (C=O) groups excluding carboxylic acids is 1. The molecule has 1 aliphatic heterocycles. The van der Waals surface area contributed by atoms with Crippen LogP contribution in [0.25, 0.3) is 32.9 Å². The van der Waals surface area contributed by atoms with E-state index in [1.807, 2.05) is 71.3 Å². The molecule has 0 unspecified atom stereocenters. The summed E-state index contributed by atoms with van der Waals surface area (Å²) in [6.07, 6.45) is 3.80. The normalized spacial score (nSPS) is 13.4. The summed E-state index contributed by atoms with van der Waals surface area (Å²) in [5.74, 6) is -0.383. The Kier molecular flexibility index (Phi) is 8.45. The van der Waals surface area contributed by atoms with Crippen LogP contribution in [0.15, 0.2) is 48.7 Å². The number of aromatic amines is 1. The van der Waals surface area contributed by atoms with Crippen molar-refractivity contribution in [3.05, 3.63) is 98.0 Å². The highest BCUT2D eigenvalue weighted by Gasteiger charge is 2.33. The van der Waals surface area contributed by atoms with Crippen LogP contribution in [0.4, 0.5) is 5.69 Å². The van der Waals surface area contributed by atoms with Crippen molar-refractivity contribution >= 4 is 62.6 Å². The minimum Gasteiger partial charge on any atom is -0.494 e. The number of amides is 1.